The number of carboxylic acid groups (broad SMARTS) is 1. The van der Waals surface area contributed by atoms with E-state index in [0.29, 0.717) is 7.14 Å². The minimum atomic E-state index is -1.04. The van der Waals surface area contributed by atoms with E-state index in [1.807, 2.05) is 46.9 Å². The first-order chi connectivity index (χ1) is 10.3. The SMILES string of the molecule is NC(Cc1cc(I)c(O)c(I)c1-c1cccc(I)c1)C(=O)O. The Labute approximate surface area is 168 Å². The van der Waals surface area contributed by atoms with Gasteiger partial charge in [0.15, 0.2) is 0 Å². The molecule has 22 heavy (non-hydrogen) atoms. The average Bonchev–Trinajstić information content (AvgIpc) is 2.45. The maximum absolute atomic E-state index is 11.1. The van der Waals surface area contributed by atoms with Crippen LogP contribution in [0.5, 0.6) is 5.75 Å². The highest BCUT2D eigenvalue weighted by Gasteiger charge is 2.20. The number of halogens is 3. The molecule has 4 nitrogen and oxygen atoms in total. The van der Waals surface area contributed by atoms with Gasteiger partial charge < -0.3 is 15.9 Å². The van der Waals surface area contributed by atoms with Crippen LogP contribution in [0.1, 0.15) is 5.56 Å². The molecule has 2 aromatic rings. The fourth-order valence-electron chi connectivity index (χ4n) is 2.10. The van der Waals surface area contributed by atoms with Gasteiger partial charge in [0.1, 0.15) is 11.8 Å². The number of rotatable bonds is 4. The number of aliphatic carboxylic acids is 1. The first-order valence-electron chi connectivity index (χ1n) is 6.25. The second kappa shape index (κ2) is 7.62. The Bertz CT molecular complexity index is 734. The van der Waals surface area contributed by atoms with Crippen LogP contribution in [0.2, 0.25) is 0 Å². The van der Waals surface area contributed by atoms with E-state index in [4.69, 9.17) is 10.8 Å². The lowest BCUT2D eigenvalue weighted by Crippen LogP contribution is -2.32. The highest BCUT2D eigenvalue weighted by molar-refractivity contribution is 14.1. The molecule has 0 saturated heterocycles. The Kier molecular flexibility index (Phi) is 6.30. The normalized spacial score (nSPS) is 12.2. The van der Waals surface area contributed by atoms with E-state index >= 15 is 0 Å². The predicted molar refractivity (Wildman–Crippen MR) is 111 cm³/mol. The smallest absolute Gasteiger partial charge is 0.320 e. The minimum absolute atomic E-state index is 0.211. The van der Waals surface area contributed by atoms with Gasteiger partial charge in [-0.05, 0) is 104 Å². The van der Waals surface area contributed by atoms with Crippen molar-refractivity contribution >= 4 is 73.7 Å². The molecule has 7 heteroatoms. The standard InChI is InChI=1S/C15H12I3NO3/c16-9-3-1-2-7(4-9)12-8(6-11(19)15(21)22)5-10(17)14(20)13(12)18/h1-5,11,20H,6,19H2,(H,21,22). The molecule has 116 valence electrons. The second-order valence-corrected chi connectivity index (χ2v) is 8.20. The van der Waals surface area contributed by atoms with Crippen LogP contribution in [0, 0.1) is 10.7 Å². The summed E-state index contributed by atoms with van der Waals surface area (Å²) in [5, 5.41) is 19.3. The van der Waals surface area contributed by atoms with Crippen molar-refractivity contribution < 1.29 is 15.0 Å². The summed E-state index contributed by atoms with van der Waals surface area (Å²) < 4.78 is 2.46. The zero-order valence-corrected chi connectivity index (χ0v) is 17.7. The van der Waals surface area contributed by atoms with Gasteiger partial charge in [-0.2, -0.15) is 0 Å². The Morgan fingerprint density at radius 3 is 2.50 bits per heavy atom. The molecule has 1 atom stereocenters. The molecule has 0 aliphatic rings. The monoisotopic (exact) mass is 635 g/mol. The number of carbonyl (C=O) groups is 1. The summed E-state index contributed by atoms with van der Waals surface area (Å²) in [6.07, 6.45) is 0.211. The lowest BCUT2D eigenvalue weighted by molar-refractivity contribution is -0.138. The number of aromatic hydroxyl groups is 1. The Hall–Kier alpha value is -0.140. The molecular weight excluding hydrogens is 623 g/mol. The maximum Gasteiger partial charge on any atom is 0.320 e. The zero-order chi connectivity index (χ0) is 16.4. The van der Waals surface area contributed by atoms with Crippen LogP contribution in [-0.4, -0.2) is 22.2 Å². The van der Waals surface area contributed by atoms with E-state index < -0.39 is 12.0 Å². The van der Waals surface area contributed by atoms with Crippen LogP contribution >= 0.6 is 67.8 Å². The molecule has 1 unspecified atom stereocenters. The molecule has 2 aromatic carbocycles. The van der Waals surface area contributed by atoms with Crippen molar-refractivity contribution in [3.63, 3.8) is 0 Å². The Morgan fingerprint density at radius 2 is 1.91 bits per heavy atom. The number of phenolic OH excluding ortho intramolecular Hbond substituents is 1. The Morgan fingerprint density at radius 1 is 1.23 bits per heavy atom. The maximum atomic E-state index is 11.1. The molecule has 0 aromatic heterocycles. The second-order valence-electron chi connectivity index (χ2n) is 4.71. The lowest BCUT2D eigenvalue weighted by atomic mass is 9.95. The largest absolute Gasteiger partial charge is 0.506 e. The van der Waals surface area contributed by atoms with Gasteiger partial charge in [0, 0.05) is 9.13 Å². The molecule has 4 N–H and O–H groups in total. The number of phenols is 1. The third kappa shape index (κ3) is 4.03. The Balaban J connectivity index is 2.64. The molecule has 0 radical (unpaired) electrons. The first-order valence-corrected chi connectivity index (χ1v) is 9.49. The number of hydrogen-bond donors (Lipinski definition) is 3. The van der Waals surface area contributed by atoms with Gasteiger partial charge in [0.25, 0.3) is 0 Å². The van der Waals surface area contributed by atoms with Crippen LogP contribution in [0.25, 0.3) is 11.1 Å². The molecule has 0 aliphatic carbocycles. The van der Waals surface area contributed by atoms with Crippen molar-refractivity contribution in [1.29, 1.82) is 0 Å². The molecular formula is C15H12I3NO3. The molecule has 2 rings (SSSR count). The molecule has 0 spiro atoms. The summed E-state index contributed by atoms with van der Waals surface area (Å²) >= 11 is 6.35. The molecule has 0 bridgehead atoms. The summed E-state index contributed by atoms with van der Waals surface area (Å²) in [7, 11) is 0. The molecule has 0 saturated carbocycles. The summed E-state index contributed by atoms with van der Waals surface area (Å²) in [5.41, 5.74) is 8.30. The van der Waals surface area contributed by atoms with Gasteiger partial charge in [-0.1, -0.05) is 12.1 Å². The van der Waals surface area contributed by atoms with Crippen LogP contribution in [0.3, 0.4) is 0 Å². The van der Waals surface area contributed by atoms with Crippen LogP contribution < -0.4 is 5.73 Å². The van der Waals surface area contributed by atoms with Crippen molar-refractivity contribution in [2.24, 2.45) is 5.73 Å². The number of carboxylic acids is 1. The van der Waals surface area contributed by atoms with E-state index in [2.05, 4.69) is 45.2 Å². The zero-order valence-electron chi connectivity index (χ0n) is 11.2. The van der Waals surface area contributed by atoms with Crippen molar-refractivity contribution in [1.82, 2.24) is 0 Å². The summed E-state index contributed by atoms with van der Waals surface area (Å²) in [4.78, 5) is 11.1. The van der Waals surface area contributed by atoms with Gasteiger partial charge >= 0.3 is 5.97 Å². The van der Waals surface area contributed by atoms with Gasteiger partial charge in [-0.25, -0.2) is 0 Å². The topological polar surface area (TPSA) is 83.5 Å². The summed E-state index contributed by atoms with van der Waals surface area (Å²) in [6.45, 7) is 0. The predicted octanol–water partition coefficient (Wildman–Crippen LogP) is 3.83. The van der Waals surface area contributed by atoms with Gasteiger partial charge in [0.05, 0.1) is 7.14 Å². The third-order valence-corrected chi connectivity index (χ3v) is 5.69. The van der Waals surface area contributed by atoms with Crippen molar-refractivity contribution in [2.75, 3.05) is 0 Å². The van der Waals surface area contributed by atoms with E-state index in [9.17, 15) is 9.90 Å². The van der Waals surface area contributed by atoms with E-state index in [1.54, 1.807) is 6.07 Å². The molecule has 0 fully saturated rings. The molecule has 0 heterocycles. The van der Waals surface area contributed by atoms with Gasteiger partial charge in [-0.15, -0.1) is 0 Å². The average molecular weight is 635 g/mol. The van der Waals surface area contributed by atoms with E-state index in [1.165, 1.54) is 0 Å². The van der Waals surface area contributed by atoms with Gasteiger partial charge in [-0.3, -0.25) is 4.79 Å². The molecule has 0 aliphatic heterocycles. The van der Waals surface area contributed by atoms with Crippen molar-refractivity contribution in [3.05, 3.63) is 46.6 Å². The molecule has 0 amide bonds. The highest BCUT2D eigenvalue weighted by atomic mass is 127. The summed E-state index contributed by atoms with van der Waals surface area (Å²) in [6, 6.07) is 8.69. The lowest BCUT2D eigenvalue weighted by Gasteiger charge is -2.17. The summed E-state index contributed by atoms with van der Waals surface area (Å²) in [5.74, 6) is -0.825. The number of benzene rings is 2. The number of hydrogen-bond acceptors (Lipinski definition) is 3. The van der Waals surface area contributed by atoms with Crippen molar-refractivity contribution in [2.45, 2.75) is 12.5 Å². The van der Waals surface area contributed by atoms with Crippen LogP contribution in [0.4, 0.5) is 0 Å². The van der Waals surface area contributed by atoms with Crippen LogP contribution in [-0.2, 0) is 11.2 Å². The quantitative estimate of drug-likeness (QED) is 0.447. The third-order valence-electron chi connectivity index (χ3n) is 3.15. The number of nitrogens with two attached hydrogens (primary N) is 1. The van der Waals surface area contributed by atoms with E-state index in [0.717, 1.165) is 20.3 Å². The van der Waals surface area contributed by atoms with Crippen LogP contribution in [0.15, 0.2) is 30.3 Å². The van der Waals surface area contributed by atoms with E-state index in [-0.39, 0.29) is 12.2 Å². The fourth-order valence-corrected chi connectivity index (χ4v) is 4.75. The fraction of sp³-hybridized carbons (Fsp3) is 0.133. The van der Waals surface area contributed by atoms with Gasteiger partial charge in [0.2, 0.25) is 0 Å². The first kappa shape index (κ1) is 18.2. The van der Waals surface area contributed by atoms with Crippen molar-refractivity contribution in [3.8, 4) is 16.9 Å². The minimum Gasteiger partial charge on any atom is -0.506 e. The highest BCUT2D eigenvalue weighted by Crippen LogP contribution is 2.38.